The third-order valence-electron chi connectivity index (χ3n) is 7.55. The van der Waals surface area contributed by atoms with Crippen LogP contribution in [0.2, 0.25) is 0 Å². The molecule has 0 radical (unpaired) electrons. The summed E-state index contributed by atoms with van der Waals surface area (Å²) < 4.78 is 12.9. The summed E-state index contributed by atoms with van der Waals surface area (Å²) in [5.41, 5.74) is 3.43. The molecule has 0 bridgehead atoms. The molecular weight excluding hydrogens is 518 g/mol. The molecule has 1 saturated heterocycles. The lowest BCUT2D eigenvalue weighted by atomic mass is 10.0. The largest absolute Gasteiger partial charge is 0.497 e. The Morgan fingerprint density at radius 3 is 2.41 bits per heavy atom. The van der Waals surface area contributed by atoms with Crippen LogP contribution in [-0.2, 0) is 6.54 Å². The molecular formula is C31H33N7O3. The number of piperazine rings is 1. The fourth-order valence-corrected chi connectivity index (χ4v) is 5.47. The van der Waals surface area contributed by atoms with Crippen LogP contribution in [0.5, 0.6) is 11.5 Å². The lowest BCUT2D eigenvalue weighted by Gasteiger charge is -2.39. The standard InChI is InChI=1S/C31H33N7O3/c1-3-41-26-13-14-28-23(19-26)20-27(31(39)32-28)29(30-33-34-35-38(30)21-22-7-5-4-6-8-22)37-17-15-36(16-18-37)24-9-11-25(40-2)12-10-24/h4-14,19-20,29H,3,15-18,21H2,1-2H3,(H,32,39)/t29-/m1/s1. The third-order valence-corrected chi connectivity index (χ3v) is 7.55. The number of pyridine rings is 1. The van der Waals surface area contributed by atoms with Gasteiger partial charge in [-0.15, -0.1) is 5.10 Å². The van der Waals surface area contributed by atoms with E-state index in [9.17, 15) is 4.79 Å². The van der Waals surface area contributed by atoms with Crippen molar-refractivity contribution in [2.75, 3.05) is 44.8 Å². The first-order chi connectivity index (χ1) is 20.1. The molecule has 0 saturated carbocycles. The van der Waals surface area contributed by atoms with E-state index in [1.54, 1.807) is 11.8 Å². The molecule has 0 aliphatic carbocycles. The van der Waals surface area contributed by atoms with Crippen molar-refractivity contribution >= 4 is 16.6 Å². The van der Waals surface area contributed by atoms with Crippen LogP contribution >= 0.6 is 0 Å². The number of aromatic nitrogens is 5. The number of methoxy groups -OCH3 is 1. The summed E-state index contributed by atoms with van der Waals surface area (Å²) in [7, 11) is 1.67. The lowest BCUT2D eigenvalue weighted by molar-refractivity contribution is 0.200. The van der Waals surface area contributed by atoms with Crippen molar-refractivity contribution in [2.45, 2.75) is 19.5 Å². The first-order valence-electron chi connectivity index (χ1n) is 13.9. The summed E-state index contributed by atoms with van der Waals surface area (Å²) in [4.78, 5) is 21.4. The van der Waals surface area contributed by atoms with Gasteiger partial charge in [-0.05, 0) is 71.4 Å². The predicted molar refractivity (Wildman–Crippen MR) is 158 cm³/mol. The fraction of sp³-hybridized carbons (Fsp3) is 0.290. The Kier molecular flexibility index (Phi) is 7.64. The highest BCUT2D eigenvalue weighted by Crippen LogP contribution is 2.30. The van der Waals surface area contributed by atoms with Crippen LogP contribution in [0.15, 0.2) is 83.7 Å². The smallest absolute Gasteiger partial charge is 0.253 e. The minimum Gasteiger partial charge on any atom is -0.497 e. The molecule has 3 aromatic carbocycles. The van der Waals surface area contributed by atoms with Gasteiger partial charge < -0.3 is 19.4 Å². The monoisotopic (exact) mass is 551 g/mol. The minimum atomic E-state index is -0.435. The van der Waals surface area contributed by atoms with Crippen molar-refractivity contribution in [3.05, 3.63) is 106 Å². The Morgan fingerprint density at radius 1 is 0.927 bits per heavy atom. The molecule has 1 fully saturated rings. The molecule has 3 heterocycles. The van der Waals surface area contributed by atoms with Gasteiger partial charge in [0.2, 0.25) is 0 Å². The summed E-state index contributed by atoms with van der Waals surface area (Å²) in [5.74, 6) is 2.23. The Balaban J connectivity index is 1.37. The molecule has 0 amide bonds. The highest BCUT2D eigenvalue weighted by atomic mass is 16.5. The Hall–Kier alpha value is -4.70. The Morgan fingerprint density at radius 2 is 1.68 bits per heavy atom. The fourth-order valence-electron chi connectivity index (χ4n) is 5.47. The Labute approximate surface area is 238 Å². The van der Waals surface area contributed by atoms with Crippen molar-refractivity contribution in [2.24, 2.45) is 0 Å². The minimum absolute atomic E-state index is 0.154. The van der Waals surface area contributed by atoms with Gasteiger partial charge >= 0.3 is 0 Å². The van der Waals surface area contributed by atoms with Crippen molar-refractivity contribution in [3.8, 4) is 11.5 Å². The van der Waals surface area contributed by atoms with Gasteiger partial charge in [-0.2, -0.15) is 0 Å². The summed E-state index contributed by atoms with van der Waals surface area (Å²) >= 11 is 0. The van der Waals surface area contributed by atoms with E-state index in [4.69, 9.17) is 9.47 Å². The van der Waals surface area contributed by atoms with Crippen molar-refractivity contribution < 1.29 is 9.47 Å². The molecule has 0 spiro atoms. The molecule has 10 nitrogen and oxygen atoms in total. The van der Waals surface area contributed by atoms with Gasteiger partial charge in [0.15, 0.2) is 5.82 Å². The van der Waals surface area contributed by atoms with E-state index in [2.05, 4.69) is 42.4 Å². The molecule has 2 aromatic heterocycles. The van der Waals surface area contributed by atoms with Crippen molar-refractivity contribution in [1.82, 2.24) is 30.1 Å². The zero-order chi connectivity index (χ0) is 28.2. The predicted octanol–water partition coefficient (Wildman–Crippen LogP) is 3.88. The average Bonchev–Trinajstić information content (AvgIpc) is 3.46. The molecule has 1 aliphatic heterocycles. The number of nitrogens with one attached hydrogen (secondary N) is 1. The van der Waals surface area contributed by atoms with E-state index in [-0.39, 0.29) is 5.56 Å². The number of hydrogen-bond donors (Lipinski definition) is 1. The van der Waals surface area contributed by atoms with Crippen LogP contribution in [0, 0.1) is 0 Å². The summed E-state index contributed by atoms with van der Waals surface area (Å²) in [6.07, 6.45) is 0. The SMILES string of the molecule is CCOc1ccc2[nH]c(=O)c([C@H](c3nnnn3Cc3ccccc3)N3CCN(c4ccc(OC)cc4)CC3)cc2c1. The molecule has 210 valence electrons. The quantitative estimate of drug-likeness (QED) is 0.295. The van der Waals surface area contributed by atoms with Crippen LogP contribution < -0.4 is 19.9 Å². The maximum atomic E-state index is 13.6. The highest BCUT2D eigenvalue weighted by molar-refractivity contribution is 5.80. The second-order valence-electron chi connectivity index (χ2n) is 10.0. The van der Waals surface area contributed by atoms with Gasteiger partial charge in [-0.1, -0.05) is 30.3 Å². The van der Waals surface area contributed by atoms with Gasteiger partial charge in [0.05, 0.1) is 20.3 Å². The number of anilines is 1. The van der Waals surface area contributed by atoms with Crippen molar-refractivity contribution in [3.63, 3.8) is 0 Å². The highest BCUT2D eigenvalue weighted by Gasteiger charge is 2.33. The number of benzene rings is 3. The summed E-state index contributed by atoms with van der Waals surface area (Å²) in [6, 6.07) is 25.4. The zero-order valence-corrected chi connectivity index (χ0v) is 23.2. The van der Waals surface area contributed by atoms with E-state index in [0.717, 1.165) is 59.8 Å². The first-order valence-corrected chi connectivity index (χ1v) is 13.9. The number of hydrogen-bond acceptors (Lipinski definition) is 8. The number of aromatic amines is 1. The van der Waals surface area contributed by atoms with Gasteiger partial charge in [-0.3, -0.25) is 9.69 Å². The topological polar surface area (TPSA) is 101 Å². The average molecular weight is 552 g/mol. The molecule has 1 atom stereocenters. The van der Waals surface area contributed by atoms with Gasteiger partial charge in [0.1, 0.15) is 17.5 Å². The number of rotatable bonds is 9. The third kappa shape index (κ3) is 5.64. The van der Waals surface area contributed by atoms with Crippen molar-refractivity contribution in [1.29, 1.82) is 0 Å². The van der Waals surface area contributed by atoms with Crippen LogP contribution in [0.4, 0.5) is 5.69 Å². The van der Waals surface area contributed by atoms with E-state index in [1.165, 1.54) is 0 Å². The van der Waals surface area contributed by atoms with Gasteiger partial charge in [0, 0.05) is 48.3 Å². The number of fused-ring (bicyclic) bond motifs is 1. The molecule has 1 aliphatic rings. The number of nitrogens with zero attached hydrogens (tertiary/aromatic N) is 6. The second kappa shape index (κ2) is 11.8. The molecule has 0 unspecified atom stereocenters. The molecule has 6 rings (SSSR count). The van der Waals surface area contributed by atoms with Gasteiger partial charge in [-0.25, -0.2) is 4.68 Å². The first kappa shape index (κ1) is 26.5. The summed E-state index contributed by atoms with van der Waals surface area (Å²) in [5, 5.41) is 13.8. The number of tetrazole rings is 1. The lowest BCUT2D eigenvalue weighted by Crippen LogP contribution is -2.49. The second-order valence-corrected chi connectivity index (χ2v) is 10.0. The van der Waals surface area contributed by atoms with E-state index in [0.29, 0.717) is 24.5 Å². The molecule has 41 heavy (non-hydrogen) atoms. The zero-order valence-electron chi connectivity index (χ0n) is 23.2. The maximum Gasteiger partial charge on any atom is 0.253 e. The molecule has 10 heteroatoms. The van der Waals surface area contributed by atoms with Crippen LogP contribution in [0.25, 0.3) is 10.9 Å². The van der Waals surface area contributed by atoms with E-state index in [1.807, 2.05) is 73.7 Å². The molecule has 5 aromatic rings. The normalized spacial score (nSPS) is 14.7. The van der Waals surface area contributed by atoms with Crippen LogP contribution in [0.3, 0.4) is 0 Å². The van der Waals surface area contributed by atoms with Crippen LogP contribution in [0.1, 0.15) is 29.9 Å². The Bertz CT molecular complexity index is 1660. The number of H-pyrrole nitrogens is 1. The van der Waals surface area contributed by atoms with Gasteiger partial charge in [0.25, 0.3) is 5.56 Å². The number of ether oxygens (including phenoxy) is 2. The van der Waals surface area contributed by atoms with E-state index < -0.39 is 6.04 Å². The summed E-state index contributed by atoms with van der Waals surface area (Å²) in [6.45, 7) is 6.07. The van der Waals surface area contributed by atoms with E-state index >= 15 is 0 Å². The maximum absolute atomic E-state index is 13.6. The molecule has 1 N–H and O–H groups in total. The van der Waals surface area contributed by atoms with Crippen LogP contribution in [-0.4, -0.2) is 70.0 Å².